The van der Waals surface area contributed by atoms with Crippen LogP contribution in [0.1, 0.15) is 22.7 Å². The van der Waals surface area contributed by atoms with Gasteiger partial charge in [-0.05, 0) is 18.9 Å². The second-order valence-electron chi connectivity index (χ2n) is 4.80. The zero-order chi connectivity index (χ0) is 14.7. The minimum atomic E-state index is -0.733. The highest BCUT2D eigenvalue weighted by Crippen LogP contribution is 2.26. The van der Waals surface area contributed by atoms with Crippen LogP contribution < -0.4 is 10.5 Å². The molecule has 0 spiro atoms. The minimum Gasteiger partial charge on any atom is -0.497 e. The lowest BCUT2D eigenvalue weighted by Crippen LogP contribution is -2.17. The van der Waals surface area contributed by atoms with Crippen molar-refractivity contribution in [2.24, 2.45) is 5.73 Å². The van der Waals surface area contributed by atoms with E-state index in [-0.39, 0.29) is 11.3 Å². The Morgan fingerprint density at radius 1 is 1.10 bits per heavy atom. The Morgan fingerprint density at radius 2 is 1.65 bits per heavy atom. The summed E-state index contributed by atoms with van der Waals surface area (Å²) in [5.74, 6) is -1.21. The van der Waals surface area contributed by atoms with Crippen molar-refractivity contribution in [2.45, 2.75) is 19.4 Å². The van der Waals surface area contributed by atoms with Crippen LogP contribution in [0.4, 0.5) is 8.78 Å². The zero-order valence-corrected chi connectivity index (χ0v) is 11.5. The van der Waals surface area contributed by atoms with Gasteiger partial charge in [-0.15, -0.1) is 0 Å². The van der Waals surface area contributed by atoms with E-state index in [1.54, 1.807) is 0 Å². The van der Waals surface area contributed by atoms with Crippen molar-refractivity contribution in [3.05, 3.63) is 64.7 Å². The van der Waals surface area contributed by atoms with Crippen LogP contribution in [0.15, 0.2) is 36.4 Å². The zero-order valence-electron chi connectivity index (χ0n) is 11.5. The van der Waals surface area contributed by atoms with E-state index < -0.39 is 17.7 Å². The van der Waals surface area contributed by atoms with Crippen molar-refractivity contribution < 1.29 is 13.5 Å². The van der Waals surface area contributed by atoms with Gasteiger partial charge in [0, 0.05) is 23.7 Å². The lowest BCUT2D eigenvalue weighted by Gasteiger charge is -2.15. The lowest BCUT2D eigenvalue weighted by atomic mass is 9.98. The standard InChI is InChI=1S/C16H17F2NO/c1-10-3-5-11(6-4-10)7-15(19)16-13(17)8-12(20-2)9-14(16)18/h3-6,8-9,15H,7,19H2,1-2H3. The molecule has 2 aromatic rings. The van der Waals surface area contributed by atoms with Gasteiger partial charge in [-0.2, -0.15) is 0 Å². The third-order valence-corrected chi connectivity index (χ3v) is 3.24. The Morgan fingerprint density at radius 3 is 2.15 bits per heavy atom. The van der Waals surface area contributed by atoms with Crippen LogP contribution in [0.2, 0.25) is 0 Å². The summed E-state index contributed by atoms with van der Waals surface area (Å²) in [6, 6.07) is 9.28. The summed E-state index contributed by atoms with van der Waals surface area (Å²) in [4.78, 5) is 0. The van der Waals surface area contributed by atoms with Crippen molar-refractivity contribution in [3.63, 3.8) is 0 Å². The predicted octanol–water partition coefficient (Wildman–Crippen LogP) is 3.52. The summed E-state index contributed by atoms with van der Waals surface area (Å²) in [7, 11) is 1.36. The number of ether oxygens (including phenoxy) is 1. The van der Waals surface area contributed by atoms with Gasteiger partial charge in [0.1, 0.15) is 17.4 Å². The molecule has 0 amide bonds. The van der Waals surface area contributed by atoms with Crippen molar-refractivity contribution in [2.75, 3.05) is 7.11 Å². The molecule has 2 nitrogen and oxygen atoms in total. The number of nitrogens with two attached hydrogens (primary N) is 1. The second kappa shape index (κ2) is 6.01. The predicted molar refractivity (Wildman–Crippen MR) is 74.7 cm³/mol. The molecule has 0 saturated heterocycles. The molecular formula is C16H17F2NO. The molecule has 0 aliphatic carbocycles. The van der Waals surface area contributed by atoms with Crippen LogP contribution in [0.3, 0.4) is 0 Å². The molecule has 0 aromatic heterocycles. The number of aryl methyl sites for hydroxylation is 1. The molecule has 2 aromatic carbocycles. The first-order valence-electron chi connectivity index (χ1n) is 6.35. The summed E-state index contributed by atoms with van der Waals surface area (Å²) in [5.41, 5.74) is 7.90. The molecule has 0 fully saturated rings. The molecule has 106 valence electrons. The fourth-order valence-corrected chi connectivity index (χ4v) is 2.11. The Balaban J connectivity index is 2.25. The van der Waals surface area contributed by atoms with Crippen molar-refractivity contribution in [1.29, 1.82) is 0 Å². The fraction of sp³-hybridized carbons (Fsp3) is 0.250. The van der Waals surface area contributed by atoms with Crippen LogP contribution >= 0.6 is 0 Å². The average Bonchev–Trinajstić information content (AvgIpc) is 2.40. The Kier molecular flexibility index (Phi) is 4.35. The largest absolute Gasteiger partial charge is 0.497 e. The summed E-state index contributed by atoms with van der Waals surface area (Å²) >= 11 is 0. The molecule has 0 aliphatic rings. The molecule has 0 aliphatic heterocycles. The van der Waals surface area contributed by atoms with Crippen molar-refractivity contribution in [1.82, 2.24) is 0 Å². The van der Waals surface area contributed by atoms with Crippen LogP contribution in [0, 0.1) is 18.6 Å². The summed E-state index contributed by atoms with van der Waals surface area (Å²) in [6.45, 7) is 1.98. The molecule has 0 heterocycles. The first-order valence-corrected chi connectivity index (χ1v) is 6.35. The summed E-state index contributed by atoms with van der Waals surface area (Å²) in [5, 5.41) is 0. The van der Waals surface area contributed by atoms with Crippen molar-refractivity contribution >= 4 is 0 Å². The topological polar surface area (TPSA) is 35.2 Å². The summed E-state index contributed by atoms with van der Waals surface area (Å²) < 4.78 is 32.7. The van der Waals surface area contributed by atoms with E-state index in [4.69, 9.17) is 10.5 Å². The third kappa shape index (κ3) is 3.14. The Bertz CT molecular complexity index is 573. The van der Waals surface area contributed by atoms with Crippen LogP contribution in [0.5, 0.6) is 5.75 Å². The summed E-state index contributed by atoms with van der Waals surface area (Å²) in [6.07, 6.45) is 0.375. The van der Waals surface area contributed by atoms with E-state index in [1.807, 2.05) is 31.2 Å². The van der Waals surface area contributed by atoms with Gasteiger partial charge >= 0.3 is 0 Å². The molecular weight excluding hydrogens is 260 g/mol. The van der Waals surface area contributed by atoms with Crippen molar-refractivity contribution in [3.8, 4) is 5.75 Å². The maximum absolute atomic E-state index is 13.9. The molecule has 0 saturated carbocycles. The first kappa shape index (κ1) is 14.5. The number of hydrogen-bond acceptors (Lipinski definition) is 2. The highest BCUT2D eigenvalue weighted by atomic mass is 19.1. The van der Waals surface area contributed by atoms with E-state index in [1.165, 1.54) is 7.11 Å². The molecule has 2 rings (SSSR count). The second-order valence-corrected chi connectivity index (χ2v) is 4.80. The van der Waals surface area contributed by atoms with Gasteiger partial charge in [0.05, 0.1) is 7.11 Å². The molecule has 1 atom stereocenters. The van der Waals surface area contributed by atoms with Crippen LogP contribution in [-0.4, -0.2) is 7.11 Å². The molecule has 2 N–H and O–H groups in total. The van der Waals surface area contributed by atoms with E-state index >= 15 is 0 Å². The average molecular weight is 277 g/mol. The number of methoxy groups -OCH3 is 1. The lowest BCUT2D eigenvalue weighted by molar-refractivity contribution is 0.403. The van der Waals surface area contributed by atoms with E-state index in [0.29, 0.717) is 6.42 Å². The highest BCUT2D eigenvalue weighted by molar-refractivity contribution is 5.33. The van der Waals surface area contributed by atoms with Gasteiger partial charge in [0.25, 0.3) is 0 Å². The maximum atomic E-state index is 13.9. The normalized spacial score (nSPS) is 12.2. The van der Waals surface area contributed by atoms with Gasteiger partial charge in [0.15, 0.2) is 0 Å². The smallest absolute Gasteiger partial charge is 0.134 e. The number of halogens is 2. The van der Waals surface area contributed by atoms with Gasteiger partial charge in [-0.25, -0.2) is 8.78 Å². The number of rotatable bonds is 4. The molecule has 1 unspecified atom stereocenters. The SMILES string of the molecule is COc1cc(F)c(C(N)Cc2ccc(C)cc2)c(F)c1. The minimum absolute atomic E-state index is 0.105. The Hall–Kier alpha value is -1.94. The Labute approximate surface area is 117 Å². The third-order valence-electron chi connectivity index (χ3n) is 3.24. The highest BCUT2D eigenvalue weighted by Gasteiger charge is 2.18. The van der Waals surface area contributed by atoms with Gasteiger partial charge in [-0.1, -0.05) is 29.8 Å². The van der Waals surface area contributed by atoms with Crippen LogP contribution in [-0.2, 0) is 6.42 Å². The molecule has 4 heteroatoms. The molecule has 0 bridgehead atoms. The van der Waals surface area contributed by atoms with E-state index in [0.717, 1.165) is 23.3 Å². The van der Waals surface area contributed by atoms with E-state index in [9.17, 15) is 8.78 Å². The number of benzene rings is 2. The van der Waals surface area contributed by atoms with E-state index in [2.05, 4.69) is 0 Å². The van der Waals surface area contributed by atoms with Gasteiger partial charge in [0.2, 0.25) is 0 Å². The number of hydrogen-bond donors (Lipinski definition) is 1. The van der Waals surface area contributed by atoms with Gasteiger partial charge in [-0.3, -0.25) is 0 Å². The fourth-order valence-electron chi connectivity index (χ4n) is 2.11. The first-order chi connectivity index (χ1) is 9.51. The molecule has 0 radical (unpaired) electrons. The van der Waals surface area contributed by atoms with Gasteiger partial charge < -0.3 is 10.5 Å². The van der Waals surface area contributed by atoms with Crippen LogP contribution in [0.25, 0.3) is 0 Å². The monoisotopic (exact) mass is 277 g/mol. The molecule has 20 heavy (non-hydrogen) atoms. The quantitative estimate of drug-likeness (QED) is 0.928. The maximum Gasteiger partial charge on any atom is 0.134 e.